The lowest BCUT2D eigenvalue weighted by Crippen LogP contribution is -2.09. The molecule has 2 heterocycles. The summed E-state index contributed by atoms with van der Waals surface area (Å²) in [6, 6.07) is 5.94. The fourth-order valence-electron chi connectivity index (χ4n) is 2.36. The summed E-state index contributed by atoms with van der Waals surface area (Å²) in [5.74, 6) is 0.305. The van der Waals surface area contributed by atoms with E-state index in [9.17, 15) is 4.79 Å². The van der Waals surface area contributed by atoms with Crippen molar-refractivity contribution in [3.63, 3.8) is 0 Å². The minimum atomic E-state index is 0.305. The first-order valence-electron chi connectivity index (χ1n) is 5.95. The molecule has 0 atom stereocenters. The molecule has 0 aromatic carbocycles. The van der Waals surface area contributed by atoms with Gasteiger partial charge in [-0.3, -0.25) is 9.78 Å². The summed E-state index contributed by atoms with van der Waals surface area (Å²) in [6.07, 6.45) is 6.51. The number of hydrogen-bond donors (Lipinski definition) is 0. The van der Waals surface area contributed by atoms with Gasteiger partial charge in [-0.1, -0.05) is 6.07 Å². The molecule has 0 bridgehead atoms. The third-order valence-corrected chi connectivity index (χ3v) is 5.54. The fourth-order valence-corrected chi connectivity index (χ4v) is 4.46. The lowest BCUT2D eigenvalue weighted by atomic mass is 9.92. The highest BCUT2D eigenvalue weighted by Gasteiger charge is 2.27. The molecule has 2 aromatic heterocycles. The number of ketones is 1. The van der Waals surface area contributed by atoms with Gasteiger partial charge in [0.1, 0.15) is 0 Å². The molecule has 18 heavy (non-hydrogen) atoms. The van der Waals surface area contributed by atoms with Gasteiger partial charge in [0.05, 0.1) is 14.8 Å². The SMILES string of the molecule is CSc1sc(-c2ccccn2)c2c1C(=O)CCC2. The highest BCUT2D eigenvalue weighted by Crippen LogP contribution is 2.43. The van der Waals surface area contributed by atoms with Crippen molar-refractivity contribution in [3.05, 3.63) is 35.5 Å². The summed E-state index contributed by atoms with van der Waals surface area (Å²) >= 11 is 3.38. The van der Waals surface area contributed by atoms with E-state index >= 15 is 0 Å². The normalized spacial score (nSPS) is 14.6. The van der Waals surface area contributed by atoms with E-state index in [-0.39, 0.29) is 0 Å². The second-order valence-corrected chi connectivity index (χ2v) is 6.36. The van der Waals surface area contributed by atoms with E-state index in [0.29, 0.717) is 12.2 Å². The molecule has 0 amide bonds. The topological polar surface area (TPSA) is 30.0 Å². The molecule has 0 aliphatic heterocycles. The van der Waals surface area contributed by atoms with Crippen molar-refractivity contribution in [1.82, 2.24) is 4.98 Å². The van der Waals surface area contributed by atoms with Crippen molar-refractivity contribution in [2.75, 3.05) is 6.26 Å². The molecule has 4 heteroatoms. The van der Waals surface area contributed by atoms with Gasteiger partial charge in [-0.2, -0.15) is 0 Å². The molecule has 1 aliphatic carbocycles. The molecule has 92 valence electrons. The van der Waals surface area contributed by atoms with E-state index in [0.717, 1.165) is 28.3 Å². The van der Waals surface area contributed by atoms with E-state index in [4.69, 9.17) is 0 Å². The second kappa shape index (κ2) is 4.86. The molecule has 0 N–H and O–H groups in total. The zero-order valence-electron chi connectivity index (χ0n) is 10.1. The van der Waals surface area contributed by atoms with E-state index in [2.05, 4.69) is 4.98 Å². The Hall–Kier alpha value is -1.13. The van der Waals surface area contributed by atoms with Crippen LogP contribution in [-0.4, -0.2) is 17.0 Å². The van der Waals surface area contributed by atoms with Gasteiger partial charge in [-0.05, 0) is 36.8 Å². The summed E-state index contributed by atoms with van der Waals surface area (Å²) < 4.78 is 1.15. The van der Waals surface area contributed by atoms with Crippen LogP contribution in [0.4, 0.5) is 0 Å². The Kier molecular flexibility index (Phi) is 3.22. The highest BCUT2D eigenvalue weighted by molar-refractivity contribution is 8.00. The Balaban J connectivity index is 2.20. The zero-order valence-corrected chi connectivity index (χ0v) is 11.7. The Morgan fingerprint density at radius 2 is 2.22 bits per heavy atom. The van der Waals surface area contributed by atoms with Crippen LogP contribution in [0.3, 0.4) is 0 Å². The predicted octanol–water partition coefficient (Wildman–Crippen LogP) is 4.05. The number of hydrogen-bond acceptors (Lipinski definition) is 4. The maximum absolute atomic E-state index is 12.1. The first-order chi connectivity index (χ1) is 8.81. The maximum atomic E-state index is 12.1. The van der Waals surface area contributed by atoms with Gasteiger partial charge in [-0.25, -0.2) is 0 Å². The van der Waals surface area contributed by atoms with Crippen LogP contribution in [0.25, 0.3) is 10.6 Å². The Morgan fingerprint density at radius 3 is 2.94 bits per heavy atom. The van der Waals surface area contributed by atoms with Crippen molar-refractivity contribution < 1.29 is 4.79 Å². The molecule has 0 saturated carbocycles. The molecule has 0 unspecified atom stereocenters. The van der Waals surface area contributed by atoms with Gasteiger partial charge in [0.25, 0.3) is 0 Å². The average molecular weight is 275 g/mol. The van der Waals surface area contributed by atoms with Crippen molar-refractivity contribution in [3.8, 4) is 10.6 Å². The van der Waals surface area contributed by atoms with Crippen LogP contribution in [-0.2, 0) is 6.42 Å². The van der Waals surface area contributed by atoms with Gasteiger partial charge in [-0.15, -0.1) is 23.1 Å². The molecule has 2 nitrogen and oxygen atoms in total. The number of carbonyl (C=O) groups excluding carboxylic acids is 1. The molecular formula is C14H13NOS2. The predicted molar refractivity (Wildman–Crippen MR) is 76.6 cm³/mol. The summed E-state index contributed by atoms with van der Waals surface area (Å²) in [5, 5.41) is 0. The quantitative estimate of drug-likeness (QED) is 0.774. The Morgan fingerprint density at radius 1 is 1.33 bits per heavy atom. The molecule has 0 spiro atoms. The molecule has 0 radical (unpaired) electrons. The van der Waals surface area contributed by atoms with Crippen LogP contribution in [0.5, 0.6) is 0 Å². The summed E-state index contributed by atoms with van der Waals surface area (Å²) in [5.41, 5.74) is 3.19. The lowest BCUT2D eigenvalue weighted by Gasteiger charge is -2.12. The van der Waals surface area contributed by atoms with E-state index in [1.807, 2.05) is 30.7 Å². The first kappa shape index (κ1) is 11.9. The fraction of sp³-hybridized carbons (Fsp3) is 0.286. The standard InChI is InChI=1S/C14H13NOS2/c1-17-14-12-9(5-4-7-11(12)16)13(18-14)10-6-2-3-8-15-10/h2-3,6,8H,4-5,7H2,1H3. The molecular weight excluding hydrogens is 262 g/mol. The number of carbonyl (C=O) groups is 1. The summed E-state index contributed by atoms with van der Waals surface area (Å²) in [7, 11) is 0. The van der Waals surface area contributed by atoms with Crippen LogP contribution >= 0.6 is 23.1 Å². The van der Waals surface area contributed by atoms with E-state index in [1.54, 1.807) is 23.1 Å². The van der Waals surface area contributed by atoms with Crippen LogP contribution < -0.4 is 0 Å². The Labute approximate surface area is 114 Å². The number of thioether (sulfide) groups is 1. The minimum Gasteiger partial charge on any atom is -0.294 e. The van der Waals surface area contributed by atoms with Crippen LogP contribution in [0.1, 0.15) is 28.8 Å². The smallest absolute Gasteiger partial charge is 0.165 e. The number of pyridine rings is 1. The highest BCUT2D eigenvalue weighted by atomic mass is 32.2. The van der Waals surface area contributed by atoms with E-state index in [1.165, 1.54) is 10.4 Å². The zero-order chi connectivity index (χ0) is 12.5. The van der Waals surface area contributed by atoms with Crippen LogP contribution in [0.15, 0.2) is 28.6 Å². The van der Waals surface area contributed by atoms with E-state index < -0.39 is 0 Å². The van der Waals surface area contributed by atoms with Gasteiger partial charge in [0, 0.05) is 18.2 Å². The lowest BCUT2D eigenvalue weighted by molar-refractivity contribution is 0.0970. The second-order valence-electron chi connectivity index (χ2n) is 4.27. The van der Waals surface area contributed by atoms with Gasteiger partial charge < -0.3 is 0 Å². The van der Waals surface area contributed by atoms with Crippen molar-refractivity contribution in [2.45, 2.75) is 23.5 Å². The first-order valence-corrected chi connectivity index (χ1v) is 7.99. The van der Waals surface area contributed by atoms with Crippen molar-refractivity contribution in [2.24, 2.45) is 0 Å². The van der Waals surface area contributed by atoms with Crippen LogP contribution in [0, 0.1) is 0 Å². The molecule has 3 rings (SSSR count). The monoisotopic (exact) mass is 275 g/mol. The molecule has 1 aliphatic rings. The third-order valence-electron chi connectivity index (χ3n) is 3.17. The Bertz CT molecular complexity index is 589. The number of thiophene rings is 1. The van der Waals surface area contributed by atoms with Crippen molar-refractivity contribution in [1.29, 1.82) is 0 Å². The van der Waals surface area contributed by atoms with Gasteiger partial charge in [0.2, 0.25) is 0 Å². The number of aromatic nitrogens is 1. The third kappa shape index (κ3) is 1.89. The number of fused-ring (bicyclic) bond motifs is 1. The number of nitrogens with zero attached hydrogens (tertiary/aromatic N) is 1. The number of Topliss-reactive ketones (excluding diaryl/α,β-unsaturated/α-hetero) is 1. The summed E-state index contributed by atoms with van der Waals surface area (Å²) in [4.78, 5) is 17.7. The van der Waals surface area contributed by atoms with Crippen LogP contribution in [0.2, 0.25) is 0 Å². The minimum absolute atomic E-state index is 0.305. The number of rotatable bonds is 2. The average Bonchev–Trinajstić information content (AvgIpc) is 2.80. The van der Waals surface area contributed by atoms with Gasteiger partial charge in [0.15, 0.2) is 5.78 Å². The summed E-state index contributed by atoms with van der Waals surface area (Å²) in [6.45, 7) is 0. The largest absolute Gasteiger partial charge is 0.294 e. The maximum Gasteiger partial charge on any atom is 0.165 e. The molecule has 0 saturated heterocycles. The van der Waals surface area contributed by atoms with Gasteiger partial charge >= 0.3 is 0 Å². The molecule has 2 aromatic rings. The van der Waals surface area contributed by atoms with Crippen molar-refractivity contribution >= 4 is 28.9 Å². The molecule has 0 fully saturated rings.